The van der Waals surface area contributed by atoms with Gasteiger partial charge in [0.2, 0.25) is 0 Å². The third-order valence-corrected chi connectivity index (χ3v) is 2.50. The molecule has 1 aliphatic heterocycles. The van der Waals surface area contributed by atoms with E-state index in [1.807, 2.05) is 6.92 Å². The highest BCUT2D eigenvalue weighted by Crippen LogP contribution is 2.23. The van der Waals surface area contributed by atoms with Crippen molar-refractivity contribution >= 4 is 0 Å². The van der Waals surface area contributed by atoms with Crippen molar-refractivity contribution in [2.24, 2.45) is 11.8 Å². The lowest BCUT2D eigenvalue weighted by Gasteiger charge is -2.10. The summed E-state index contributed by atoms with van der Waals surface area (Å²) >= 11 is 0. The van der Waals surface area contributed by atoms with Gasteiger partial charge in [-0.1, -0.05) is 6.92 Å². The molecule has 1 aliphatic rings. The maximum Gasteiger partial charge on any atom is 0.0938 e. The Balaban J connectivity index is 2.41. The van der Waals surface area contributed by atoms with Crippen LogP contribution >= 0.6 is 0 Å². The molecule has 0 radical (unpaired) electrons. The second-order valence-corrected chi connectivity index (χ2v) is 3.18. The molecular formula is C8H15F2N. The first-order valence-electron chi connectivity index (χ1n) is 4.16. The lowest BCUT2D eigenvalue weighted by Crippen LogP contribution is -2.20. The van der Waals surface area contributed by atoms with Gasteiger partial charge >= 0.3 is 0 Å². The van der Waals surface area contributed by atoms with Gasteiger partial charge < -0.3 is 4.90 Å². The van der Waals surface area contributed by atoms with Gasteiger partial charge in [0.15, 0.2) is 0 Å². The Bertz CT molecular complexity index is 107. The number of hydrogen-bond acceptors (Lipinski definition) is 1. The largest absolute Gasteiger partial charge is 0.303 e. The Labute approximate surface area is 66.4 Å². The van der Waals surface area contributed by atoms with Crippen molar-refractivity contribution in [3.05, 3.63) is 0 Å². The zero-order valence-electron chi connectivity index (χ0n) is 6.89. The summed E-state index contributed by atoms with van der Waals surface area (Å²) in [5.74, 6) is -0.111. The van der Waals surface area contributed by atoms with Crippen molar-refractivity contribution in [1.82, 2.24) is 4.90 Å². The average molecular weight is 163 g/mol. The summed E-state index contributed by atoms with van der Waals surface area (Å²) < 4.78 is 24.5. The van der Waals surface area contributed by atoms with E-state index >= 15 is 0 Å². The zero-order valence-corrected chi connectivity index (χ0v) is 6.89. The van der Waals surface area contributed by atoms with Crippen molar-refractivity contribution in [3.8, 4) is 0 Å². The van der Waals surface area contributed by atoms with Crippen LogP contribution in [0.25, 0.3) is 0 Å². The Hall–Kier alpha value is -0.180. The molecule has 0 aromatic rings. The second kappa shape index (κ2) is 4.00. The van der Waals surface area contributed by atoms with Crippen LogP contribution in [0, 0.1) is 11.8 Å². The molecule has 0 bridgehead atoms. The highest BCUT2D eigenvalue weighted by Gasteiger charge is 2.31. The highest BCUT2D eigenvalue weighted by molar-refractivity contribution is 4.82. The summed E-state index contributed by atoms with van der Waals surface area (Å²) in [5.41, 5.74) is 0. The Morgan fingerprint density at radius 3 is 1.91 bits per heavy atom. The summed E-state index contributed by atoms with van der Waals surface area (Å²) in [5, 5.41) is 0. The van der Waals surface area contributed by atoms with E-state index in [1.165, 1.54) is 0 Å². The van der Waals surface area contributed by atoms with E-state index in [2.05, 4.69) is 4.90 Å². The molecule has 66 valence electrons. The minimum absolute atomic E-state index is 0.0556. The molecular weight excluding hydrogens is 148 g/mol. The van der Waals surface area contributed by atoms with Crippen LogP contribution in [0.2, 0.25) is 0 Å². The van der Waals surface area contributed by atoms with Crippen molar-refractivity contribution in [3.63, 3.8) is 0 Å². The summed E-state index contributed by atoms with van der Waals surface area (Å²) in [6.45, 7) is 3.67. The third kappa shape index (κ3) is 1.89. The van der Waals surface area contributed by atoms with Crippen LogP contribution in [0.5, 0.6) is 0 Å². The number of alkyl halides is 2. The van der Waals surface area contributed by atoms with Gasteiger partial charge in [-0.3, -0.25) is 8.78 Å². The van der Waals surface area contributed by atoms with E-state index < -0.39 is 0 Å². The minimum Gasteiger partial charge on any atom is -0.303 e. The predicted molar refractivity (Wildman–Crippen MR) is 41.0 cm³/mol. The first-order chi connectivity index (χ1) is 5.31. The highest BCUT2D eigenvalue weighted by atomic mass is 19.1. The number of hydrogen-bond donors (Lipinski definition) is 0. The van der Waals surface area contributed by atoms with Crippen LogP contribution in [0.1, 0.15) is 6.92 Å². The number of nitrogens with zero attached hydrogens (tertiary/aromatic N) is 1. The maximum absolute atomic E-state index is 12.3. The average Bonchev–Trinajstić information content (AvgIpc) is 2.46. The van der Waals surface area contributed by atoms with Crippen LogP contribution in [0.15, 0.2) is 0 Å². The second-order valence-electron chi connectivity index (χ2n) is 3.18. The van der Waals surface area contributed by atoms with Crippen molar-refractivity contribution in [2.45, 2.75) is 6.92 Å². The lowest BCUT2D eigenvalue weighted by atomic mass is 9.99. The monoisotopic (exact) mass is 163 g/mol. The molecule has 1 rings (SSSR count). The van der Waals surface area contributed by atoms with E-state index in [9.17, 15) is 8.78 Å². The summed E-state index contributed by atoms with van der Waals surface area (Å²) in [6.07, 6.45) is 0. The molecule has 2 atom stereocenters. The molecule has 0 aromatic carbocycles. The van der Waals surface area contributed by atoms with E-state index in [0.717, 1.165) is 19.6 Å². The third-order valence-electron chi connectivity index (χ3n) is 2.50. The molecule has 1 fully saturated rings. The van der Waals surface area contributed by atoms with E-state index in [0.29, 0.717) is 0 Å². The predicted octanol–water partition coefficient (Wildman–Crippen LogP) is 1.49. The van der Waals surface area contributed by atoms with Crippen molar-refractivity contribution in [1.29, 1.82) is 0 Å². The molecule has 2 unspecified atom stereocenters. The van der Waals surface area contributed by atoms with Crippen LogP contribution in [-0.2, 0) is 0 Å². The summed E-state index contributed by atoms with van der Waals surface area (Å²) in [7, 11) is 0. The lowest BCUT2D eigenvalue weighted by molar-refractivity contribution is 0.265. The molecule has 1 nitrogen and oxygen atoms in total. The van der Waals surface area contributed by atoms with Gasteiger partial charge in [-0.05, 0) is 6.54 Å². The minimum atomic E-state index is -0.370. The fourth-order valence-corrected chi connectivity index (χ4v) is 1.64. The van der Waals surface area contributed by atoms with Gasteiger partial charge in [-0.25, -0.2) is 0 Å². The normalized spacial score (nSPS) is 33.0. The van der Waals surface area contributed by atoms with Crippen LogP contribution in [0.3, 0.4) is 0 Å². The Kier molecular flexibility index (Phi) is 3.24. The van der Waals surface area contributed by atoms with E-state index in [-0.39, 0.29) is 25.2 Å². The van der Waals surface area contributed by atoms with Gasteiger partial charge in [0.05, 0.1) is 13.3 Å². The number of halogens is 2. The quantitative estimate of drug-likeness (QED) is 0.609. The van der Waals surface area contributed by atoms with Gasteiger partial charge in [0, 0.05) is 24.9 Å². The molecule has 1 heterocycles. The maximum atomic E-state index is 12.3. The van der Waals surface area contributed by atoms with Gasteiger partial charge in [-0.2, -0.15) is 0 Å². The van der Waals surface area contributed by atoms with Crippen molar-refractivity contribution < 1.29 is 8.78 Å². The fourth-order valence-electron chi connectivity index (χ4n) is 1.64. The van der Waals surface area contributed by atoms with Gasteiger partial charge in [0.1, 0.15) is 0 Å². The van der Waals surface area contributed by atoms with Crippen LogP contribution < -0.4 is 0 Å². The summed E-state index contributed by atoms with van der Waals surface area (Å²) in [6, 6.07) is 0. The molecule has 0 aromatic heterocycles. The van der Waals surface area contributed by atoms with Gasteiger partial charge in [-0.15, -0.1) is 0 Å². The molecule has 0 saturated carbocycles. The Morgan fingerprint density at radius 2 is 1.64 bits per heavy atom. The molecule has 0 N–H and O–H groups in total. The Morgan fingerprint density at radius 1 is 1.18 bits per heavy atom. The molecule has 11 heavy (non-hydrogen) atoms. The first kappa shape index (κ1) is 8.91. The SMILES string of the molecule is CCN1CC(CF)C(CF)C1. The van der Waals surface area contributed by atoms with Crippen LogP contribution in [0.4, 0.5) is 8.78 Å². The fraction of sp³-hybridized carbons (Fsp3) is 1.00. The summed E-state index contributed by atoms with van der Waals surface area (Å²) in [4.78, 5) is 2.11. The first-order valence-corrected chi connectivity index (χ1v) is 4.16. The van der Waals surface area contributed by atoms with Crippen molar-refractivity contribution in [2.75, 3.05) is 33.0 Å². The molecule has 0 spiro atoms. The molecule has 1 saturated heterocycles. The van der Waals surface area contributed by atoms with Gasteiger partial charge in [0.25, 0.3) is 0 Å². The molecule has 0 amide bonds. The van der Waals surface area contributed by atoms with Crippen LogP contribution in [-0.4, -0.2) is 37.9 Å². The van der Waals surface area contributed by atoms with E-state index in [1.54, 1.807) is 0 Å². The molecule has 3 heteroatoms. The van der Waals surface area contributed by atoms with E-state index in [4.69, 9.17) is 0 Å². The smallest absolute Gasteiger partial charge is 0.0938 e. The number of likely N-dealkylation sites (tertiary alicyclic amines) is 1. The number of rotatable bonds is 3. The molecule has 0 aliphatic carbocycles. The zero-order chi connectivity index (χ0) is 8.27. The topological polar surface area (TPSA) is 3.24 Å². The standard InChI is InChI=1S/C8H15F2N/c1-2-11-5-7(3-9)8(4-10)6-11/h7-8H,2-6H2,1H3.